The van der Waals surface area contributed by atoms with Gasteiger partial charge in [-0.05, 0) is 43.3 Å². The van der Waals surface area contributed by atoms with Gasteiger partial charge in [0.1, 0.15) is 17.3 Å². The van der Waals surface area contributed by atoms with Crippen LogP contribution in [-0.2, 0) is 11.3 Å². The molecule has 0 aliphatic carbocycles. The topological polar surface area (TPSA) is 34.4 Å². The van der Waals surface area contributed by atoms with E-state index in [0.717, 1.165) is 23.6 Å². The Bertz CT molecular complexity index is 507. The van der Waals surface area contributed by atoms with E-state index in [1.165, 1.54) is 12.1 Å². The lowest BCUT2D eigenvalue weighted by molar-refractivity contribution is 0.116. The predicted octanol–water partition coefficient (Wildman–Crippen LogP) is 3.21. The molecule has 1 aromatic heterocycles. The van der Waals surface area contributed by atoms with Crippen LogP contribution < -0.4 is 5.32 Å². The maximum atomic E-state index is 12.8. The summed E-state index contributed by atoms with van der Waals surface area (Å²) < 4.78 is 23.7. The van der Waals surface area contributed by atoms with Crippen LogP contribution in [0.4, 0.5) is 4.39 Å². The van der Waals surface area contributed by atoms with Crippen molar-refractivity contribution in [1.82, 2.24) is 5.32 Å². The zero-order chi connectivity index (χ0) is 13.7. The van der Waals surface area contributed by atoms with Gasteiger partial charge in [-0.25, -0.2) is 4.39 Å². The second kappa shape index (κ2) is 6.50. The van der Waals surface area contributed by atoms with Gasteiger partial charge in [0.2, 0.25) is 0 Å². The number of benzene rings is 1. The van der Waals surface area contributed by atoms with Crippen molar-refractivity contribution in [3.05, 3.63) is 48.0 Å². The summed E-state index contributed by atoms with van der Waals surface area (Å²) in [6, 6.07) is 10.1. The Morgan fingerprint density at radius 3 is 2.63 bits per heavy atom. The van der Waals surface area contributed by atoms with Crippen molar-refractivity contribution in [2.24, 2.45) is 0 Å². The van der Waals surface area contributed by atoms with E-state index in [-0.39, 0.29) is 11.9 Å². The molecule has 2 rings (SSSR count). The predicted molar refractivity (Wildman–Crippen MR) is 72.3 cm³/mol. The van der Waals surface area contributed by atoms with Crippen LogP contribution in [0.3, 0.4) is 0 Å². The number of rotatable bonds is 6. The highest BCUT2D eigenvalue weighted by Gasteiger charge is 2.05. The zero-order valence-electron chi connectivity index (χ0n) is 11.2. The molecule has 0 amide bonds. The van der Waals surface area contributed by atoms with Crippen molar-refractivity contribution in [1.29, 1.82) is 0 Å². The van der Waals surface area contributed by atoms with E-state index in [2.05, 4.69) is 5.32 Å². The maximum Gasteiger partial charge on any atom is 0.134 e. The van der Waals surface area contributed by atoms with Crippen molar-refractivity contribution >= 4 is 0 Å². The highest BCUT2D eigenvalue weighted by molar-refractivity contribution is 5.57. The Hall–Kier alpha value is -1.65. The molecule has 1 heterocycles. The van der Waals surface area contributed by atoms with Crippen LogP contribution in [0.25, 0.3) is 11.3 Å². The molecule has 0 spiro atoms. The van der Waals surface area contributed by atoms with Gasteiger partial charge in [-0.1, -0.05) is 0 Å². The van der Waals surface area contributed by atoms with Gasteiger partial charge >= 0.3 is 0 Å². The second-order valence-electron chi connectivity index (χ2n) is 4.45. The largest absolute Gasteiger partial charge is 0.460 e. The van der Waals surface area contributed by atoms with Gasteiger partial charge in [0, 0.05) is 19.2 Å². The summed E-state index contributed by atoms with van der Waals surface area (Å²) in [6.45, 7) is 3.41. The SMILES string of the molecule is COC(C)CNCc1ccc(-c2ccc(F)cc2)o1. The summed E-state index contributed by atoms with van der Waals surface area (Å²) in [6.07, 6.45) is 0.173. The summed E-state index contributed by atoms with van der Waals surface area (Å²) in [5.74, 6) is 1.35. The van der Waals surface area contributed by atoms with Crippen molar-refractivity contribution in [3.8, 4) is 11.3 Å². The fourth-order valence-electron chi connectivity index (χ4n) is 1.72. The van der Waals surface area contributed by atoms with Gasteiger partial charge in [0.15, 0.2) is 0 Å². The lowest BCUT2D eigenvalue weighted by Gasteiger charge is -2.09. The Morgan fingerprint density at radius 1 is 1.21 bits per heavy atom. The smallest absolute Gasteiger partial charge is 0.134 e. The molecule has 0 saturated carbocycles. The molecule has 0 bridgehead atoms. The molecule has 0 fully saturated rings. The normalized spacial score (nSPS) is 12.6. The average molecular weight is 263 g/mol. The van der Waals surface area contributed by atoms with Gasteiger partial charge in [-0.15, -0.1) is 0 Å². The zero-order valence-corrected chi connectivity index (χ0v) is 11.2. The molecule has 3 nitrogen and oxygen atoms in total. The third kappa shape index (κ3) is 3.91. The van der Waals surface area contributed by atoms with Crippen LogP contribution >= 0.6 is 0 Å². The van der Waals surface area contributed by atoms with Crippen LogP contribution in [0.15, 0.2) is 40.8 Å². The highest BCUT2D eigenvalue weighted by atomic mass is 19.1. The van der Waals surface area contributed by atoms with Gasteiger partial charge in [-0.2, -0.15) is 0 Å². The quantitative estimate of drug-likeness (QED) is 0.869. The van der Waals surface area contributed by atoms with E-state index >= 15 is 0 Å². The summed E-state index contributed by atoms with van der Waals surface area (Å²) in [7, 11) is 1.69. The first-order valence-electron chi connectivity index (χ1n) is 6.27. The molecule has 0 radical (unpaired) electrons. The molecular formula is C15H18FNO2. The lowest BCUT2D eigenvalue weighted by Crippen LogP contribution is -2.25. The fraction of sp³-hybridized carbons (Fsp3) is 0.333. The van der Waals surface area contributed by atoms with E-state index in [1.807, 2.05) is 19.1 Å². The van der Waals surface area contributed by atoms with E-state index in [1.54, 1.807) is 19.2 Å². The third-order valence-corrected chi connectivity index (χ3v) is 2.92. The summed E-state index contributed by atoms with van der Waals surface area (Å²) >= 11 is 0. The van der Waals surface area contributed by atoms with Crippen LogP contribution in [0.2, 0.25) is 0 Å². The Balaban J connectivity index is 1.93. The molecule has 1 atom stereocenters. The second-order valence-corrected chi connectivity index (χ2v) is 4.45. The average Bonchev–Trinajstić information content (AvgIpc) is 2.88. The first kappa shape index (κ1) is 13.8. The van der Waals surface area contributed by atoms with Crippen LogP contribution in [0.1, 0.15) is 12.7 Å². The molecule has 4 heteroatoms. The number of halogens is 1. The first-order chi connectivity index (χ1) is 9.19. The minimum absolute atomic E-state index is 0.173. The van der Waals surface area contributed by atoms with Gasteiger partial charge < -0.3 is 14.5 Å². The number of nitrogens with one attached hydrogen (secondary N) is 1. The molecule has 19 heavy (non-hydrogen) atoms. The van der Waals surface area contributed by atoms with E-state index < -0.39 is 0 Å². The molecule has 1 unspecified atom stereocenters. The molecule has 102 valence electrons. The number of ether oxygens (including phenoxy) is 1. The molecule has 1 N–H and O–H groups in total. The summed E-state index contributed by atoms with van der Waals surface area (Å²) in [5, 5.41) is 3.25. The summed E-state index contributed by atoms with van der Waals surface area (Å²) in [5.41, 5.74) is 0.873. The first-order valence-corrected chi connectivity index (χ1v) is 6.27. The minimum Gasteiger partial charge on any atom is -0.460 e. The Labute approximate surface area is 112 Å². The minimum atomic E-state index is -0.245. The third-order valence-electron chi connectivity index (χ3n) is 2.92. The van der Waals surface area contributed by atoms with E-state index in [4.69, 9.17) is 9.15 Å². The monoisotopic (exact) mass is 263 g/mol. The molecule has 1 aromatic carbocycles. The van der Waals surface area contributed by atoms with Gasteiger partial charge in [-0.3, -0.25) is 0 Å². The van der Waals surface area contributed by atoms with Crippen molar-refractivity contribution in [2.45, 2.75) is 19.6 Å². The molecule has 2 aromatic rings. The Kier molecular flexibility index (Phi) is 4.71. The van der Waals surface area contributed by atoms with Gasteiger partial charge in [0.25, 0.3) is 0 Å². The van der Waals surface area contributed by atoms with E-state index in [9.17, 15) is 4.39 Å². The van der Waals surface area contributed by atoms with Crippen molar-refractivity contribution in [2.75, 3.05) is 13.7 Å². The molecular weight excluding hydrogens is 245 g/mol. The van der Waals surface area contributed by atoms with Crippen LogP contribution in [0.5, 0.6) is 0 Å². The summed E-state index contributed by atoms with van der Waals surface area (Å²) in [4.78, 5) is 0. The molecule has 0 saturated heterocycles. The fourth-order valence-corrected chi connectivity index (χ4v) is 1.72. The number of hydrogen-bond donors (Lipinski definition) is 1. The lowest BCUT2D eigenvalue weighted by atomic mass is 10.2. The number of hydrogen-bond acceptors (Lipinski definition) is 3. The molecule has 0 aliphatic rings. The van der Waals surface area contributed by atoms with E-state index in [0.29, 0.717) is 6.54 Å². The van der Waals surface area contributed by atoms with Crippen molar-refractivity contribution < 1.29 is 13.5 Å². The van der Waals surface area contributed by atoms with Crippen LogP contribution in [0, 0.1) is 5.82 Å². The standard InChI is InChI=1S/C15H18FNO2/c1-11(18-2)9-17-10-14-7-8-15(19-14)12-3-5-13(16)6-4-12/h3-8,11,17H,9-10H2,1-2H3. The van der Waals surface area contributed by atoms with Gasteiger partial charge in [0.05, 0.1) is 12.6 Å². The van der Waals surface area contributed by atoms with Crippen molar-refractivity contribution in [3.63, 3.8) is 0 Å². The highest BCUT2D eigenvalue weighted by Crippen LogP contribution is 2.22. The number of furan rings is 1. The Morgan fingerprint density at radius 2 is 1.95 bits per heavy atom. The van der Waals surface area contributed by atoms with Crippen LogP contribution in [-0.4, -0.2) is 19.8 Å². The molecule has 0 aliphatic heterocycles. The maximum absolute atomic E-state index is 12.8. The number of methoxy groups -OCH3 is 1.